The van der Waals surface area contributed by atoms with Gasteiger partial charge in [0, 0.05) is 0 Å². The molecule has 0 aromatic rings. The fourth-order valence-electron chi connectivity index (χ4n) is 0.333. The molecule has 0 saturated heterocycles. The molecule has 0 fully saturated rings. The molecule has 0 spiro atoms. The van der Waals surface area contributed by atoms with Crippen molar-refractivity contribution in [2.75, 3.05) is 0 Å². The molecule has 0 unspecified atom stereocenters. The van der Waals surface area contributed by atoms with E-state index in [1.165, 1.54) is 11.1 Å². The third-order valence-corrected chi connectivity index (χ3v) is 0.750. The summed E-state index contributed by atoms with van der Waals surface area (Å²) in [5, 5.41) is 0. The minimum Gasteiger partial charge on any atom is -0.103 e. The zero-order chi connectivity index (χ0) is 11.3. The predicted molar refractivity (Wildman–Crippen MR) is 66.1 cm³/mol. The normalized spacial score (nSPS) is 6.38. The van der Waals surface area contributed by atoms with E-state index in [1.54, 1.807) is 6.08 Å². The molecular weight excluding hydrogens is 156 g/mol. The number of allylic oxidation sites excluding steroid dienone is 5. The van der Waals surface area contributed by atoms with Crippen LogP contribution in [0.1, 0.15) is 48.5 Å². The van der Waals surface area contributed by atoms with Gasteiger partial charge in [0.25, 0.3) is 0 Å². The third kappa shape index (κ3) is 53.6. The second-order valence-electron chi connectivity index (χ2n) is 2.90. The number of hydrogen-bond donors (Lipinski definition) is 0. The maximum atomic E-state index is 3.36. The Bertz CT molecular complexity index is 123. The Morgan fingerprint density at radius 1 is 0.846 bits per heavy atom. The van der Waals surface area contributed by atoms with Crippen molar-refractivity contribution in [2.24, 2.45) is 0 Å². The molecule has 0 amide bonds. The van der Waals surface area contributed by atoms with Gasteiger partial charge in [0.1, 0.15) is 0 Å². The van der Waals surface area contributed by atoms with E-state index in [0.717, 1.165) is 0 Å². The van der Waals surface area contributed by atoms with E-state index in [1.807, 2.05) is 20.8 Å². The predicted octanol–water partition coefficient (Wildman–Crippen LogP) is 5.14. The van der Waals surface area contributed by atoms with E-state index in [9.17, 15) is 0 Å². The summed E-state index contributed by atoms with van der Waals surface area (Å²) < 4.78 is 0. The van der Waals surface area contributed by atoms with Gasteiger partial charge in [-0.25, -0.2) is 0 Å². The average molecular weight is 182 g/mol. The monoisotopic (exact) mass is 182 g/mol. The first-order valence-electron chi connectivity index (χ1n) is 4.90. The molecule has 13 heavy (non-hydrogen) atoms. The van der Waals surface area contributed by atoms with Gasteiger partial charge >= 0.3 is 0 Å². The molecule has 0 heteroatoms. The van der Waals surface area contributed by atoms with Crippen molar-refractivity contribution in [1.82, 2.24) is 0 Å². The van der Waals surface area contributed by atoms with Crippen molar-refractivity contribution in [2.45, 2.75) is 48.5 Å². The van der Waals surface area contributed by atoms with Gasteiger partial charge in [0.05, 0.1) is 0 Å². The first-order chi connectivity index (χ1) is 6.04. The van der Waals surface area contributed by atoms with Gasteiger partial charge in [0.15, 0.2) is 0 Å². The maximum Gasteiger partial charge on any atom is -0.0439 e. The molecule has 78 valence electrons. The van der Waals surface area contributed by atoms with Crippen LogP contribution in [0.4, 0.5) is 0 Å². The van der Waals surface area contributed by atoms with Crippen LogP contribution in [0.5, 0.6) is 0 Å². The second kappa shape index (κ2) is 17.3. The van der Waals surface area contributed by atoms with Gasteiger partial charge in [-0.2, -0.15) is 0 Å². The van der Waals surface area contributed by atoms with Gasteiger partial charge in [-0.15, -0.1) is 6.58 Å². The van der Waals surface area contributed by atoms with Gasteiger partial charge in [0.2, 0.25) is 0 Å². The van der Waals surface area contributed by atoms with Crippen molar-refractivity contribution in [3.63, 3.8) is 0 Å². The van der Waals surface area contributed by atoms with E-state index in [4.69, 9.17) is 0 Å². The summed E-state index contributed by atoms with van der Waals surface area (Å²) in [5.41, 5.74) is 2.71. The topological polar surface area (TPSA) is 0 Å². The van der Waals surface area contributed by atoms with E-state index in [2.05, 4.69) is 46.4 Å². The van der Waals surface area contributed by atoms with Crippen LogP contribution in [-0.4, -0.2) is 0 Å². The molecule has 0 heterocycles. The highest BCUT2D eigenvalue weighted by atomic mass is 13.8. The molecule has 0 N–H and O–H groups in total. The lowest BCUT2D eigenvalue weighted by Crippen LogP contribution is -1.62. The molecule has 0 bridgehead atoms. The van der Waals surface area contributed by atoms with Crippen molar-refractivity contribution in [3.8, 4) is 0 Å². The highest BCUT2D eigenvalue weighted by Gasteiger charge is 1.71. The molecule has 0 aliphatic rings. The van der Waals surface area contributed by atoms with E-state index < -0.39 is 0 Å². The lowest BCUT2D eigenvalue weighted by Gasteiger charge is -1.84. The van der Waals surface area contributed by atoms with Crippen LogP contribution in [0.25, 0.3) is 0 Å². The van der Waals surface area contributed by atoms with E-state index >= 15 is 0 Å². The Balaban J connectivity index is -0.000000169. The van der Waals surface area contributed by atoms with Crippen LogP contribution in [0, 0.1) is 0 Å². The minimum absolute atomic E-state index is 1.35. The molecule has 0 radical (unpaired) electrons. The van der Waals surface area contributed by atoms with Crippen LogP contribution < -0.4 is 0 Å². The lowest BCUT2D eigenvalue weighted by atomic mass is 10.2. The van der Waals surface area contributed by atoms with Crippen molar-refractivity contribution in [1.29, 1.82) is 0 Å². The zero-order valence-corrected chi connectivity index (χ0v) is 10.4. The Morgan fingerprint density at radius 2 is 1.00 bits per heavy atom. The van der Waals surface area contributed by atoms with Crippen molar-refractivity contribution in [3.05, 3.63) is 36.0 Å². The van der Waals surface area contributed by atoms with E-state index in [0.29, 0.717) is 0 Å². The Labute approximate surface area is 85.1 Å². The SMILES string of the molecule is C=CC.CC.CC(C)=CC=C(C)C. The highest BCUT2D eigenvalue weighted by Crippen LogP contribution is 1.93. The van der Waals surface area contributed by atoms with Crippen molar-refractivity contribution >= 4 is 0 Å². The van der Waals surface area contributed by atoms with Gasteiger partial charge in [-0.1, -0.05) is 43.2 Å². The summed E-state index contributed by atoms with van der Waals surface area (Å²) >= 11 is 0. The Hall–Kier alpha value is -0.780. The number of hydrogen-bond acceptors (Lipinski definition) is 0. The van der Waals surface area contributed by atoms with Gasteiger partial charge in [-0.3, -0.25) is 0 Å². The summed E-state index contributed by atoms with van der Waals surface area (Å²) in [4.78, 5) is 0. The average Bonchev–Trinajstić information content (AvgIpc) is 2.06. The first-order valence-corrected chi connectivity index (χ1v) is 4.90. The molecule has 0 aromatic heterocycles. The zero-order valence-electron chi connectivity index (χ0n) is 10.4. The highest BCUT2D eigenvalue weighted by molar-refractivity contribution is 5.12. The molecule has 0 rings (SSSR count). The summed E-state index contributed by atoms with van der Waals surface area (Å²) in [6, 6.07) is 0. The van der Waals surface area contributed by atoms with Crippen LogP contribution in [-0.2, 0) is 0 Å². The molecule has 0 aliphatic heterocycles. The van der Waals surface area contributed by atoms with Crippen LogP contribution in [0.3, 0.4) is 0 Å². The lowest BCUT2D eigenvalue weighted by molar-refractivity contribution is 1.35. The fourth-order valence-corrected chi connectivity index (χ4v) is 0.333. The van der Waals surface area contributed by atoms with Gasteiger partial charge < -0.3 is 0 Å². The second-order valence-corrected chi connectivity index (χ2v) is 2.90. The van der Waals surface area contributed by atoms with Crippen LogP contribution in [0.2, 0.25) is 0 Å². The summed E-state index contributed by atoms with van der Waals surface area (Å²) in [6.07, 6.45) is 5.99. The van der Waals surface area contributed by atoms with E-state index in [-0.39, 0.29) is 0 Å². The Kier molecular flexibility index (Phi) is 24.1. The smallest absolute Gasteiger partial charge is 0.0439 e. The van der Waals surface area contributed by atoms with Gasteiger partial charge in [-0.05, 0) is 34.6 Å². The van der Waals surface area contributed by atoms with Crippen LogP contribution >= 0.6 is 0 Å². The largest absolute Gasteiger partial charge is 0.103 e. The van der Waals surface area contributed by atoms with Crippen molar-refractivity contribution < 1.29 is 0 Å². The fraction of sp³-hybridized carbons (Fsp3) is 0.538. The summed E-state index contributed by atoms with van der Waals surface area (Å²) in [5.74, 6) is 0. The standard InChI is InChI=1S/C8H14.C3H6.C2H6/c1-7(2)5-6-8(3)4;1-3-2;1-2/h5-6H,1-4H3;3H,1H2,2H3;1-2H3. The van der Waals surface area contributed by atoms with Crippen LogP contribution in [0.15, 0.2) is 36.0 Å². The molecular formula is C13H26. The molecule has 0 atom stereocenters. The quantitative estimate of drug-likeness (QED) is 0.389. The third-order valence-electron chi connectivity index (χ3n) is 0.750. The first kappa shape index (κ1) is 18.1. The summed E-state index contributed by atoms with van der Waals surface area (Å²) in [7, 11) is 0. The Morgan fingerprint density at radius 3 is 1.08 bits per heavy atom. The maximum absolute atomic E-state index is 3.36. The number of rotatable bonds is 1. The summed E-state index contributed by atoms with van der Waals surface area (Å²) in [6.45, 7) is 17.6. The molecule has 0 aliphatic carbocycles. The molecule has 0 aromatic carbocycles. The minimum atomic E-state index is 1.35. The molecule has 0 nitrogen and oxygen atoms in total. The molecule has 0 saturated carbocycles.